The topological polar surface area (TPSA) is 77.2 Å². The van der Waals surface area contributed by atoms with Gasteiger partial charge >= 0.3 is 6.18 Å². The van der Waals surface area contributed by atoms with E-state index < -0.39 is 35.5 Å². The average molecular weight is 609 g/mol. The van der Waals surface area contributed by atoms with Crippen LogP contribution in [-0.2, 0) is 16.6 Å². The van der Waals surface area contributed by atoms with Gasteiger partial charge in [0.1, 0.15) is 11.0 Å². The first kappa shape index (κ1) is 25.2. The van der Waals surface area contributed by atoms with Gasteiger partial charge in [-0.1, -0.05) is 18.2 Å². The second-order valence-electron chi connectivity index (χ2n) is 10.7. The van der Waals surface area contributed by atoms with Crippen molar-refractivity contribution < 1.29 is 22.8 Å². The number of carbonyl (C=O) groups is 2. The van der Waals surface area contributed by atoms with E-state index in [1.165, 1.54) is 25.0 Å². The number of benzene rings is 2. The van der Waals surface area contributed by atoms with Crippen molar-refractivity contribution in [1.82, 2.24) is 13.3 Å². The van der Waals surface area contributed by atoms with Gasteiger partial charge < -0.3 is 4.57 Å². The summed E-state index contributed by atoms with van der Waals surface area (Å²) in [5, 5.41) is 1.24. The average Bonchev–Trinajstić information content (AvgIpc) is 3.76. The molecule has 0 N–H and O–H groups in total. The van der Waals surface area contributed by atoms with Crippen molar-refractivity contribution >= 4 is 98.9 Å². The first-order chi connectivity index (χ1) is 19.7. The number of nitrogens with zero attached hydrogens (tertiary/aromatic N) is 4. The van der Waals surface area contributed by atoms with Gasteiger partial charge in [0, 0.05) is 39.4 Å². The van der Waals surface area contributed by atoms with Gasteiger partial charge in [0.25, 0.3) is 0 Å². The second-order valence-corrected chi connectivity index (χ2v) is 13.3. The Labute approximate surface area is 242 Å². The smallest absolute Gasteiger partial charge is 0.342 e. The largest absolute Gasteiger partial charge is 0.391 e. The van der Waals surface area contributed by atoms with Crippen LogP contribution in [0.3, 0.4) is 0 Å². The maximum absolute atomic E-state index is 13.3. The van der Waals surface area contributed by atoms with Gasteiger partial charge in [-0.15, -0.1) is 22.7 Å². The molecule has 6 nitrogen and oxygen atoms in total. The highest BCUT2D eigenvalue weighted by Gasteiger charge is 2.54. The number of carbonyl (C=O) groups excluding carboxylic acids is 2. The van der Waals surface area contributed by atoms with E-state index in [-0.39, 0.29) is 25.0 Å². The van der Waals surface area contributed by atoms with E-state index in [2.05, 4.69) is 49.6 Å². The van der Waals surface area contributed by atoms with Crippen molar-refractivity contribution in [3.05, 3.63) is 42.5 Å². The van der Waals surface area contributed by atoms with Crippen LogP contribution in [0.2, 0.25) is 0 Å². The van der Waals surface area contributed by atoms with Gasteiger partial charge in [0.2, 0.25) is 11.6 Å². The molecule has 3 atom stereocenters. The van der Waals surface area contributed by atoms with Crippen LogP contribution in [0.1, 0.15) is 19.3 Å². The molecule has 0 aliphatic heterocycles. The maximum Gasteiger partial charge on any atom is 0.391 e. The lowest BCUT2D eigenvalue weighted by Crippen LogP contribution is -2.34. The normalized spacial score (nSPS) is 22.7. The molecule has 3 unspecified atom stereocenters. The summed E-state index contributed by atoms with van der Waals surface area (Å²) in [4.78, 5) is 31.2. The number of aliphatic imine (C=N–C) groups is 1. The number of halogens is 3. The van der Waals surface area contributed by atoms with Crippen LogP contribution in [0.4, 0.5) is 18.9 Å². The number of alkyl halides is 3. The third-order valence-electron chi connectivity index (χ3n) is 8.54. The van der Waals surface area contributed by atoms with Gasteiger partial charge in [-0.25, -0.2) is 4.99 Å². The lowest BCUT2D eigenvalue weighted by atomic mass is 9.75. The first-order valence-electron chi connectivity index (χ1n) is 13.1. The number of hydrogen-bond acceptors (Lipinski definition) is 8. The van der Waals surface area contributed by atoms with Crippen molar-refractivity contribution in [3.63, 3.8) is 0 Å². The molecule has 0 spiro atoms. The Morgan fingerprint density at radius 1 is 0.976 bits per heavy atom. The summed E-state index contributed by atoms with van der Waals surface area (Å²) in [6, 6.07) is 14.2. The van der Waals surface area contributed by atoms with Crippen LogP contribution in [0.15, 0.2) is 47.5 Å². The summed E-state index contributed by atoms with van der Waals surface area (Å²) in [6.45, 7) is 0. The second kappa shape index (κ2) is 8.76. The summed E-state index contributed by atoms with van der Waals surface area (Å²) >= 11 is 4.51. The van der Waals surface area contributed by atoms with E-state index in [4.69, 9.17) is 0 Å². The standard InChI is InChI=1S/C29H19F3N4O2S3/c1-36-18-11-20(40-27(18)28-24(36)15-4-2-3-5-19(15)39-28)14-8-9-17(23-21(14)34-41-35-23)33-22-13-7-6-12(29(30,31)32)10-16(13)25(37)26(22)38/h2-5,8-9,11-13,16H,6-7,10H2,1H3. The summed E-state index contributed by atoms with van der Waals surface area (Å²) in [5.41, 5.74) is 4.86. The van der Waals surface area contributed by atoms with Crippen LogP contribution in [0.5, 0.6) is 0 Å². The monoisotopic (exact) mass is 608 g/mol. The van der Waals surface area contributed by atoms with E-state index in [9.17, 15) is 22.8 Å². The molecule has 2 saturated carbocycles. The lowest BCUT2D eigenvalue weighted by molar-refractivity contribution is -0.187. The first-order valence-corrected chi connectivity index (χ1v) is 15.5. The zero-order valence-corrected chi connectivity index (χ0v) is 23.8. The number of aryl methyl sites for hydroxylation is 1. The van der Waals surface area contributed by atoms with E-state index in [1.54, 1.807) is 28.7 Å². The Balaban J connectivity index is 1.20. The molecular weight excluding hydrogens is 590 g/mol. The van der Waals surface area contributed by atoms with Crippen molar-refractivity contribution in [2.75, 3.05) is 0 Å². The predicted octanol–water partition coefficient (Wildman–Crippen LogP) is 8.10. The van der Waals surface area contributed by atoms with Crippen LogP contribution in [0, 0.1) is 17.8 Å². The zero-order chi connectivity index (χ0) is 28.2. The number of ketones is 2. The Hall–Kier alpha value is -3.48. The fourth-order valence-electron chi connectivity index (χ4n) is 6.52. The zero-order valence-electron chi connectivity index (χ0n) is 21.4. The molecule has 6 aromatic rings. The van der Waals surface area contributed by atoms with Crippen molar-refractivity contribution in [1.29, 1.82) is 0 Å². The molecule has 0 amide bonds. The third kappa shape index (κ3) is 3.63. The van der Waals surface area contributed by atoms with Crippen LogP contribution < -0.4 is 0 Å². The minimum Gasteiger partial charge on any atom is -0.342 e. The van der Waals surface area contributed by atoms with Crippen LogP contribution >= 0.6 is 34.4 Å². The number of rotatable bonds is 2. The van der Waals surface area contributed by atoms with Crippen LogP contribution in [0.25, 0.3) is 52.0 Å². The Kier molecular flexibility index (Phi) is 5.39. The van der Waals surface area contributed by atoms with Gasteiger partial charge in [-0.05, 0) is 43.5 Å². The fraction of sp³-hybridized carbons (Fsp3) is 0.276. The van der Waals surface area contributed by atoms with Crippen molar-refractivity contribution in [2.45, 2.75) is 25.4 Å². The molecule has 2 fully saturated rings. The van der Waals surface area contributed by atoms with Gasteiger partial charge in [-0.2, -0.15) is 21.9 Å². The number of Topliss-reactive ketones (excluding diaryl/α,β-unsaturated/α-hetero) is 2. The number of fused-ring (bicyclic) bond motifs is 7. The molecule has 12 heteroatoms. The third-order valence-corrected chi connectivity index (χ3v) is 11.6. The van der Waals surface area contributed by atoms with Gasteiger partial charge in [-0.3, -0.25) is 9.59 Å². The molecule has 4 aromatic heterocycles. The highest BCUT2D eigenvalue weighted by atomic mass is 32.1. The molecule has 0 bridgehead atoms. The summed E-state index contributed by atoms with van der Waals surface area (Å²) in [7, 11) is 2.08. The summed E-state index contributed by atoms with van der Waals surface area (Å²) in [6.07, 6.45) is -4.74. The molecular formula is C29H19F3N4O2S3. The van der Waals surface area contributed by atoms with Crippen molar-refractivity contribution in [3.8, 4) is 10.4 Å². The molecule has 2 aromatic carbocycles. The van der Waals surface area contributed by atoms with E-state index in [1.807, 2.05) is 12.1 Å². The lowest BCUT2D eigenvalue weighted by Gasteiger charge is -2.31. The maximum atomic E-state index is 13.3. The van der Waals surface area contributed by atoms with E-state index in [0.717, 1.165) is 27.7 Å². The van der Waals surface area contributed by atoms with Gasteiger partial charge in [0.05, 0.1) is 49.5 Å². The highest BCUT2D eigenvalue weighted by Crippen LogP contribution is 2.48. The molecule has 4 heterocycles. The Bertz CT molecular complexity index is 2120. The Morgan fingerprint density at radius 3 is 2.61 bits per heavy atom. The van der Waals surface area contributed by atoms with E-state index in [0.29, 0.717) is 16.7 Å². The van der Waals surface area contributed by atoms with E-state index >= 15 is 0 Å². The summed E-state index contributed by atoms with van der Waals surface area (Å²) in [5.74, 6) is -4.66. The minimum atomic E-state index is -4.38. The number of aromatic nitrogens is 3. The molecule has 2 aliphatic carbocycles. The quantitative estimate of drug-likeness (QED) is 0.186. The van der Waals surface area contributed by atoms with Gasteiger partial charge in [0.15, 0.2) is 0 Å². The molecule has 0 radical (unpaired) electrons. The minimum absolute atomic E-state index is 0.0525. The number of thiophene rings is 2. The predicted molar refractivity (Wildman–Crippen MR) is 158 cm³/mol. The van der Waals surface area contributed by atoms with Crippen molar-refractivity contribution in [2.24, 2.45) is 29.8 Å². The number of hydrogen-bond donors (Lipinski definition) is 0. The summed E-state index contributed by atoms with van der Waals surface area (Å²) < 4.78 is 54.9. The fourth-order valence-corrected chi connectivity index (χ4v) is 9.67. The molecule has 41 heavy (non-hydrogen) atoms. The molecule has 206 valence electrons. The molecule has 8 rings (SSSR count). The Morgan fingerprint density at radius 2 is 1.78 bits per heavy atom. The molecule has 2 aliphatic rings. The SMILES string of the molecule is Cn1c2cc(-c3ccc(N=C4C(=O)C(=O)C5CC(C(F)(F)F)CCC45)c4nsnc34)sc2c2sc3ccccc3c21. The molecule has 0 saturated heterocycles. The highest BCUT2D eigenvalue weighted by molar-refractivity contribution is 7.32. The van der Waals surface area contributed by atoms with Crippen LogP contribution in [-0.4, -0.2) is 36.8 Å².